The first-order chi connectivity index (χ1) is 8.22. The Morgan fingerprint density at radius 3 is 2.35 bits per heavy atom. The average molecular weight is 241 g/mol. The molecule has 0 atom stereocenters. The molecule has 0 aliphatic rings. The van der Waals surface area contributed by atoms with Crippen molar-refractivity contribution in [1.29, 1.82) is 0 Å². The lowest BCUT2D eigenvalue weighted by Crippen LogP contribution is -1.82. The van der Waals surface area contributed by atoms with Crippen LogP contribution in [-0.4, -0.2) is 15.0 Å². The van der Waals surface area contributed by atoms with Crippen molar-refractivity contribution in [1.82, 2.24) is 15.0 Å². The van der Waals surface area contributed by atoms with Crippen LogP contribution in [0.4, 0.5) is 0 Å². The van der Waals surface area contributed by atoms with Crippen LogP contribution in [0.2, 0.25) is 0 Å². The molecule has 0 aliphatic heterocycles. The summed E-state index contributed by atoms with van der Waals surface area (Å²) in [7, 11) is 0. The van der Waals surface area contributed by atoms with E-state index in [1.54, 1.807) is 23.7 Å². The number of rotatable bonds is 1. The van der Waals surface area contributed by atoms with E-state index in [-0.39, 0.29) is 0 Å². The van der Waals surface area contributed by atoms with Gasteiger partial charge in [-0.2, -0.15) is 0 Å². The van der Waals surface area contributed by atoms with Gasteiger partial charge in [-0.1, -0.05) is 28.5 Å². The van der Waals surface area contributed by atoms with Crippen LogP contribution in [0.25, 0.3) is 21.0 Å². The maximum Gasteiger partial charge on any atom is 0.190 e. The Morgan fingerprint density at radius 1 is 0.941 bits per heavy atom. The monoisotopic (exact) mass is 241 g/mol. The third-order valence-corrected chi connectivity index (χ3v) is 3.52. The Bertz CT molecular complexity index is 635. The number of nitrogens with zero attached hydrogens (tertiary/aromatic N) is 3. The smallest absolute Gasteiger partial charge is 0.190 e. The van der Waals surface area contributed by atoms with Gasteiger partial charge in [0.15, 0.2) is 10.5 Å². The Labute approximate surface area is 103 Å². The standard InChI is InChI=1S/C13H11N3S/c1-8-5-9(2)7-10(6-8)12-16-11-13(17-12)15-4-3-14-11/h3-7H,1-2H3. The minimum absolute atomic E-state index is 0.728. The highest BCUT2D eigenvalue weighted by Gasteiger charge is 2.08. The Balaban J connectivity index is 2.20. The number of benzene rings is 1. The van der Waals surface area contributed by atoms with Crippen LogP contribution >= 0.6 is 11.3 Å². The van der Waals surface area contributed by atoms with Gasteiger partial charge in [0.25, 0.3) is 0 Å². The second kappa shape index (κ2) is 3.89. The minimum Gasteiger partial charge on any atom is -0.240 e. The van der Waals surface area contributed by atoms with Crippen molar-refractivity contribution < 1.29 is 0 Å². The van der Waals surface area contributed by atoms with Crippen LogP contribution in [-0.2, 0) is 0 Å². The van der Waals surface area contributed by atoms with E-state index in [0.29, 0.717) is 0 Å². The number of hydrogen-bond donors (Lipinski definition) is 0. The average Bonchev–Trinajstić information content (AvgIpc) is 2.71. The summed E-state index contributed by atoms with van der Waals surface area (Å²) in [6.07, 6.45) is 3.37. The van der Waals surface area contributed by atoms with E-state index in [1.165, 1.54) is 11.1 Å². The van der Waals surface area contributed by atoms with Crippen molar-refractivity contribution in [2.45, 2.75) is 13.8 Å². The van der Waals surface area contributed by atoms with Gasteiger partial charge in [-0.25, -0.2) is 15.0 Å². The first-order valence-corrected chi connectivity index (χ1v) is 6.20. The van der Waals surface area contributed by atoms with E-state index in [1.807, 2.05) is 0 Å². The zero-order valence-electron chi connectivity index (χ0n) is 9.64. The number of hydrogen-bond acceptors (Lipinski definition) is 4. The van der Waals surface area contributed by atoms with E-state index in [2.05, 4.69) is 47.0 Å². The highest BCUT2D eigenvalue weighted by Crippen LogP contribution is 2.28. The lowest BCUT2D eigenvalue weighted by molar-refractivity contribution is 1.26. The fraction of sp³-hybridized carbons (Fsp3) is 0.154. The lowest BCUT2D eigenvalue weighted by atomic mass is 10.1. The molecule has 0 aliphatic carbocycles. The first kappa shape index (κ1) is 10.4. The topological polar surface area (TPSA) is 38.7 Å². The summed E-state index contributed by atoms with van der Waals surface area (Å²) < 4.78 is 0. The van der Waals surface area contributed by atoms with Crippen molar-refractivity contribution in [2.24, 2.45) is 0 Å². The van der Waals surface area contributed by atoms with Gasteiger partial charge in [0.05, 0.1) is 0 Å². The molecule has 0 saturated heterocycles. The van der Waals surface area contributed by atoms with Crippen molar-refractivity contribution >= 4 is 21.8 Å². The van der Waals surface area contributed by atoms with Gasteiger partial charge < -0.3 is 0 Å². The maximum atomic E-state index is 4.51. The molecule has 0 fully saturated rings. The molecule has 3 nitrogen and oxygen atoms in total. The second-order valence-electron chi connectivity index (χ2n) is 4.08. The summed E-state index contributed by atoms with van der Waals surface area (Å²) >= 11 is 1.58. The Hall–Kier alpha value is -1.81. The molecule has 0 bridgehead atoms. The molecule has 0 saturated carbocycles. The quantitative estimate of drug-likeness (QED) is 0.655. The van der Waals surface area contributed by atoms with Crippen LogP contribution in [0.1, 0.15) is 11.1 Å². The van der Waals surface area contributed by atoms with Crippen LogP contribution in [0.3, 0.4) is 0 Å². The SMILES string of the molecule is Cc1cc(C)cc(-c2nc3nccnc3s2)c1. The molecule has 2 heterocycles. The van der Waals surface area contributed by atoms with Gasteiger partial charge in [0, 0.05) is 18.0 Å². The van der Waals surface area contributed by atoms with Crippen LogP contribution in [0, 0.1) is 13.8 Å². The van der Waals surface area contributed by atoms with E-state index in [4.69, 9.17) is 0 Å². The molecule has 3 aromatic rings. The summed E-state index contributed by atoms with van der Waals surface area (Å²) in [6, 6.07) is 6.45. The molecular formula is C13H11N3S. The molecule has 0 spiro atoms. The van der Waals surface area contributed by atoms with Crippen LogP contribution in [0.15, 0.2) is 30.6 Å². The summed E-state index contributed by atoms with van der Waals surface area (Å²) in [5.41, 5.74) is 4.37. The highest BCUT2D eigenvalue weighted by atomic mass is 32.1. The normalized spacial score (nSPS) is 10.9. The number of fused-ring (bicyclic) bond motifs is 1. The first-order valence-electron chi connectivity index (χ1n) is 5.38. The van der Waals surface area contributed by atoms with E-state index in [9.17, 15) is 0 Å². The van der Waals surface area contributed by atoms with Gasteiger partial charge in [0.2, 0.25) is 0 Å². The summed E-state index contributed by atoms with van der Waals surface area (Å²) in [5, 5.41) is 0.984. The van der Waals surface area contributed by atoms with Crippen LogP contribution in [0.5, 0.6) is 0 Å². The summed E-state index contributed by atoms with van der Waals surface area (Å²) in [6.45, 7) is 4.20. The number of aryl methyl sites for hydroxylation is 2. The zero-order valence-corrected chi connectivity index (χ0v) is 10.5. The van der Waals surface area contributed by atoms with E-state index >= 15 is 0 Å². The van der Waals surface area contributed by atoms with Gasteiger partial charge in [0.1, 0.15) is 5.01 Å². The van der Waals surface area contributed by atoms with Crippen molar-refractivity contribution in [2.75, 3.05) is 0 Å². The summed E-state index contributed by atoms with van der Waals surface area (Å²) in [5.74, 6) is 0. The van der Waals surface area contributed by atoms with Crippen molar-refractivity contribution in [3.05, 3.63) is 41.7 Å². The third-order valence-electron chi connectivity index (χ3n) is 2.52. The molecule has 4 heteroatoms. The molecule has 0 unspecified atom stereocenters. The number of aromatic nitrogens is 3. The largest absolute Gasteiger partial charge is 0.240 e. The number of thiazole rings is 1. The van der Waals surface area contributed by atoms with E-state index < -0.39 is 0 Å². The molecule has 0 N–H and O–H groups in total. The fourth-order valence-electron chi connectivity index (χ4n) is 1.90. The fourth-order valence-corrected chi connectivity index (χ4v) is 2.75. The maximum absolute atomic E-state index is 4.51. The molecule has 84 valence electrons. The van der Waals surface area contributed by atoms with E-state index in [0.717, 1.165) is 21.0 Å². The second-order valence-corrected chi connectivity index (χ2v) is 5.06. The minimum atomic E-state index is 0.728. The van der Waals surface area contributed by atoms with Crippen molar-refractivity contribution in [3.63, 3.8) is 0 Å². The van der Waals surface area contributed by atoms with Gasteiger partial charge in [-0.15, -0.1) is 0 Å². The molecule has 2 aromatic heterocycles. The molecule has 0 amide bonds. The molecule has 1 aromatic carbocycles. The molecule has 0 radical (unpaired) electrons. The third kappa shape index (κ3) is 1.91. The molecule has 3 rings (SSSR count). The predicted molar refractivity (Wildman–Crippen MR) is 70.1 cm³/mol. The predicted octanol–water partition coefficient (Wildman–Crippen LogP) is 3.37. The Kier molecular flexibility index (Phi) is 2.37. The lowest BCUT2D eigenvalue weighted by Gasteiger charge is -2.00. The molecule has 17 heavy (non-hydrogen) atoms. The van der Waals surface area contributed by atoms with Crippen LogP contribution < -0.4 is 0 Å². The van der Waals surface area contributed by atoms with Gasteiger partial charge in [-0.05, 0) is 26.0 Å². The zero-order chi connectivity index (χ0) is 11.8. The Morgan fingerprint density at radius 2 is 1.65 bits per heavy atom. The van der Waals surface area contributed by atoms with Gasteiger partial charge in [-0.3, -0.25) is 0 Å². The van der Waals surface area contributed by atoms with Gasteiger partial charge >= 0.3 is 0 Å². The highest BCUT2D eigenvalue weighted by molar-refractivity contribution is 7.21. The van der Waals surface area contributed by atoms with Crippen molar-refractivity contribution in [3.8, 4) is 10.6 Å². The molecular weight excluding hydrogens is 230 g/mol. The summed E-state index contributed by atoms with van der Waals surface area (Å²) in [4.78, 5) is 13.9.